The van der Waals surface area contributed by atoms with Crippen LogP contribution < -0.4 is 5.32 Å². The number of pyridine rings is 1. The predicted octanol–water partition coefficient (Wildman–Crippen LogP) is 2.10. The normalized spacial score (nSPS) is 19.4. The smallest absolute Gasteiger partial charge is 0.464 e. The Morgan fingerprint density at radius 3 is 2.50 bits per heavy atom. The lowest BCUT2D eigenvalue weighted by Gasteiger charge is -2.32. The van der Waals surface area contributed by atoms with Gasteiger partial charge in [0, 0.05) is 18.3 Å². The fourth-order valence-corrected chi connectivity index (χ4v) is 2.40. The molecule has 1 aliphatic rings. The SMILES string of the molecule is CNCC(=Cc1cccnc1C(=O)OC)B1OC(C)(C)C(C)(C)O1. The van der Waals surface area contributed by atoms with Crippen molar-refractivity contribution < 1.29 is 18.8 Å². The molecule has 24 heavy (non-hydrogen) atoms. The van der Waals surface area contributed by atoms with Crippen LogP contribution in [0, 0.1) is 0 Å². The summed E-state index contributed by atoms with van der Waals surface area (Å²) in [5.74, 6) is -0.473. The molecule has 0 atom stereocenters. The minimum absolute atomic E-state index is 0.269. The number of esters is 1. The molecule has 1 aromatic heterocycles. The molecule has 0 aromatic carbocycles. The molecule has 2 heterocycles. The average Bonchev–Trinajstić information content (AvgIpc) is 2.74. The van der Waals surface area contributed by atoms with Gasteiger partial charge < -0.3 is 19.4 Å². The van der Waals surface area contributed by atoms with Crippen LogP contribution in [0.4, 0.5) is 0 Å². The summed E-state index contributed by atoms with van der Waals surface area (Å²) in [5.41, 5.74) is 0.971. The summed E-state index contributed by atoms with van der Waals surface area (Å²) < 4.78 is 17.0. The molecule has 0 amide bonds. The molecule has 0 bridgehead atoms. The summed E-state index contributed by atoms with van der Waals surface area (Å²) in [6.07, 6.45) is 3.44. The standard InChI is InChI=1S/C17H25BN2O4/c1-16(2)17(3,4)24-18(23-16)13(11-19-5)10-12-8-7-9-20-14(12)15(21)22-6/h7-10,19H,11H2,1-6H3. The Hall–Kier alpha value is -1.70. The van der Waals surface area contributed by atoms with Crippen LogP contribution in [0.3, 0.4) is 0 Å². The second-order valence-electron chi connectivity index (χ2n) is 6.77. The van der Waals surface area contributed by atoms with Crippen molar-refractivity contribution in [1.82, 2.24) is 10.3 Å². The van der Waals surface area contributed by atoms with Gasteiger partial charge >= 0.3 is 13.1 Å². The van der Waals surface area contributed by atoms with Gasteiger partial charge in [-0.3, -0.25) is 0 Å². The molecular formula is C17H25BN2O4. The predicted molar refractivity (Wildman–Crippen MR) is 93.6 cm³/mol. The van der Waals surface area contributed by atoms with Crippen LogP contribution in [-0.2, 0) is 14.0 Å². The average molecular weight is 332 g/mol. The summed E-state index contributed by atoms with van der Waals surface area (Å²) in [6, 6.07) is 3.60. The molecular weight excluding hydrogens is 307 g/mol. The van der Waals surface area contributed by atoms with Gasteiger partial charge in [0.1, 0.15) is 0 Å². The highest BCUT2D eigenvalue weighted by atomic mass is 16.7. The molecule has 1 N–H and O–H groups in total. The third-order valence-electron chi connectivity index (χ3n) is 4.50. The van der Waals surface area contributed by atoms with Crippen molar-refractivity contribution in [3.05, 3.63) is 35.1 Å². The number of likely N-dealkylation sites (N-methyl/N-ethyl adjacent to an activating group) is 1. The van der Waals surface area contributed by atoms with Crippen LogP contribution >= 0.6 is 0 Å². The lowest BCUT2D eigenvalue weighted by molar-refractivity contribution is 0.00578. The van der Waals surface area contributed by atoms with Crippen molar-refractivity contribution in [2.24, 2.45) is 0 Å². The number of methoxy groups -OCH3 is 1. The van der Waals surface area contributed by atoms with Gasteiger partial charge in [0.05, 0.1) is 18.3 Å². The minimum Gasteiger partial charge on any atom is -0.464 e. The van der Waals surface area contributed by atoms with Gasteiger partial charge in [-0.2, -0.15) is 0 Å². The maximum absolute atomic E-state index is 11.9. The Morgan fingerprint density at radius 1 is 1.33 bits per heavy atom. The first-order valence-electron chi connectivity index (χ1n) is 7.96. The van der Waals surface area contributed by atoms with Gasteiger partial charge in [0.2, 0.25) is 0 Å². The highest BCUT2D eigenvalue weighted by Gasteiger charge is 2.52. The molecule has 0 aliphatic carbocycles. The van der Waals surface area contributed by atoms with Crippen molar-refractivity contribution in [1.29, 1.82) is 0 Å². The summed E-state index contributed by atoms with van der Waals surface area (Å²) in [7, 11) is 2.70. The molecule has 1 aliphatic heterocycles. The molecule has 2 rings (SSSR count). The molecule has 6 nitrogen and oxygen atoms in total. The van der Waals surface area contributed by atoms with E-state index in [1.54, 1.807) is 12.3 Å². The van der Waals surface area contributed by atoms with Gasteiger partial charge in [-0.15, -0.1) is 0 Å². The van der Waals surface area contributed by atoms with Gasteiger partial charge in [-0.1, -0.05) is 12.1 Å². The first-order valence-corrected chi connectivity index (χ1v) is 7.96. The van der Waals surface area contributed by atoms with Crippen molar-refractivity contribution in [3.63, 3.8) is 0 Å². The first kappa shape index (κ1) is 18.6. The number of aromatic nitrogens is 1. The maximum atomic E-state index is 11.9. The fraction of sp³-hybridized carbons (Fsp3) is 0.529. The number of hydrogen-bond donors (Lipinski definition) is 1. The summed E-state index contributed by atoms with van der Waals surface area (Å²) >= 11 is 0. The number of ether oxygens (including phenoxy) is 1. The second-order valence-corrected chi connectivity index (χ2v) is 6.77. The Bertz CT molecular complexity index is 627. The van der Waals surface area contributed by atoms with E-state index >= 15 is 0 Å². The first-order chi connectivity index (χ1) is 11.2. The van der Waals surface area contributed by atoms with Crippen LogP contribution in [0.15, 0.2) is 23.8 Å². The minimum atomic E-state index is -0.492. The number of nitrogens with one attached hydrogen (secondary N) is 1. The van der Waals surface area contributed by atoms with Crippen LogP contribution in [0.5, 0.6) is 0 Å². The van der Waals surface area contributed by atoms with E-state index in [0.29, 0.717) is 12.1 Å². The van der Waals surface area contributed by atoms with Gasteiger partial charge in [0.25, 0.3) is 0 Å². The summed E-state index contributed by atoms with van der Waals surface area (Å²) in [4.78, 5) is 16.0. The molecule has 7 heteroatoms. The largest absolute Gasteiger partial charge is 0.491 e. The van der Waals surface area contributed by atoms with E-state index in [4.69, 9.17) is 14.0 Å². The lowest BCUT2D eigenvalue weighted by Crippen LogP contribution is -2.41. The Balaban J connectivity index is 2.39. The summed E-state index contributed by atoms with van der Waals surface area (Å²) in [5, 5.41) is 3.12. The topological polar surface area (TPSA) is 69.7 Å². The molecule has 0 saturated carbocycles. The highest BCUT2D eigenvalue weighted by Crippen LogP contribution is 2.38. The van der Waals surface area contributed by atoms with E-state index in [0.717, 1.165) is 5.47 Å². The van der Waals surface area contributed by atoms with E-state index < -0.39 is 24.3 Å². The van der Waals surface area contributed by atoms with Gasteiger partial charge in [0.15, 0.2) is 5.69 Å². The van der Waals surface area contributed by atoms with Crippen molar-refractivity contribution >= 4 is 19.2 Å². The molecule has 0 unspecified atom stereocenters. The van der Waals surface area contributed by atoms with E-state index in [9.17, 15) is 4.79 Å². The van der Waals surface area contributed by atoms with Crippen LogP contribution in [0.1, 0.15) is 43.7 Å². The molecule has 130 valence electrons. The zero-order valence-corrected chi connectivity index (χ0v) is 15.2. The molecule has 1 fully saturated rings. The second kappa shape index (κ2) is 7.05. The quantitative estimate of drug-likeness (QED) is 0.658. The Labute approximate surface area is 143 Å². The number of carbonyl (C=O) groups excluding carboxylic acids is 1. The van der Waals surface area contributed by atoms with Crippen molar-refractivity contribution in [2.45, 2.75) is 38.9 Å². The molecule has 0 spiro atoms. The van der Waals surface area contributed by atoms with E-state index in [-0.39, 0.29) is 5.69 Å². The molecule has 1 aromatic rings. The Kier molecular flexibility index (Phi) is 5.47. The van der Waals surface area contributed by atoms with Crippen molar-refractivity contribution in [2.75, 3.05) is 20.7 Å². The maximum Gasteiger partial charge on any atom is 0.491 e. The number of nitrogens with zero attached hydrogens (tertiary/aromatic N) is 1. The Morgan fingerprint density at radius 2 is 1.96 bits per heavy atom. The third-order valence-corrected chi connectivity index (χ3v) is 4.50. The summed E-state index contributed by atoms with van der Waals surface area (Å²) in [6.45, 7) is 8.59. The zero-order valence-electron chi connectivity index (χ0n) is 15.2. The van der Waals surface area contributed by atoms with Crippen LogP contribution in [-0.4, -0.2) is 50.0 Å². The third kappa shape index (κ3) is 3.69. The van der Waals surface area contributed by atoms with Gasteiger partial charge in [-0.25, -0.2) is 9.78 Å². The molecule has 0 radical (unpaired) electrons. The zero-order chi connectivity index (χ0) is 18.0. The van der Waals surface area contributed by atoms with Crippen molar-refractivity contribution in [3.8, 4) is 0 Å². The fourth-order valence-electron chi connectivity index (χ4n) is 2.40. The lowest BCUT2D eigenvalue weighted by atomic mass is 9.77. The monoisotopic (exact) mass is 332 g/mol. The van der Waals surface area contributed by atoms with Crippen LogP contribution in [0.25, 0.3) is 6.08 Å². The number of hydrogen-bond acceptors (Lipinski definition) is 6. The number of carbonyl (C=O) groups is 1. The molecule has 1 saturated heterocycles. The number of rotatable bonds is 5. The highest BCUT2D eigenvalue weighted by molar-refractivity contribution is 6.56. The van der Waals surface area contributed by atoms with E-state index in [1.807, 2.05) is 46.9 Å². The van der Waals surface area contributed by atoms with E-state index in [2.05, 4.69) is 10.3 Å². The van der Waals surface area contributed by atoms with Crippen LogP contribution in [0.2, 0.25) is 0 Å². The van der Waals surface area contributed by atoms with Gasteiger partial charge in [-0.05, 0) is 46.3 Å². The van der Waals surface area contributed by atoms with E-state index in [1.165, 1.54) is 7.11 Å².